The summed E-state index contributed by atoms with van der Waals surface area (Å²) in [5, 5.41) is 9.33. The second kappa shape index (κ2) is 4.53. The Balaban J connectivity index is 2.11. The molecular weight excluding hydrogens is 346 g/mol. The summed E-state index contributed by atoms with van der Waals surface area (Å²) in [6, 6.07) is 8.80. The minimum Gasteiger partial charge on any atom is -0.307 e. The molecule has 88 valence electrons. The number of nitrogens with zero attached hydrogens (tertiary/aromatic N) is 3. The van der Waals surface area contributed by atoms with Crippen LogP contribution in [0, 0.1) is 0 Å². The smallest absolute Gasteiger partial charge is 0.164 e. The molecule has 0 amide bonds. The maximum Gasteiger partial charge on any atom is 0.164 e. The molecule has 0 atom stereocenters. The maximum atomic E-state index is 4.32. The molecule has 0 saturated heterocycles. The molecule has 1 aliphatic rings. The fourth-order valence-electron chi connectivity index (χ4n) is 1.96. The van der Waals surface area contributed by atoms with E-state index >= 15 is 0 Å². The molecule has 1 aromatic heterocycles. The molecule has 1 heterocycles. The zero-order valence-corrected chi connectivity index (χ0v) is 12.3. The molecule has 0 unspecified atom stereocenters. The van der Waals surface area contributed by atoms with Gasteiger partial charge in [-0.05, 0) is 25.0 Å². The van der Waals surface area contributed by atoms with E-state index in [1.165, 1.54) is 12.8 Å². The van der Waals surface area contributed by atoms with Gasteiger partial charge in [0, 0.05) is 16.1 Å². The van der Waals surface area contributed by atoms with E-state index in [9.17, 15) is 0 Å². The lowest BCUT2D eigenvalue weighted by Gasteiger charge is -2.07. The van der Waals surface area contributed by atoms with Crippen LogP contribution in [-0.4, -0.2) is 14.8 Å². The highest BCUT2D eigenvalue weighted by Crippen LogP contribution is 2.39. The molecule has 0 N–H and O–H groups in total. The number of hydrogen-bond donors (Lipinski definition) is 0. The fourth-order valence-corrected chi connectivity index (χ4v) is 2.74. The standard InChI is InChI=1S/C12H11Br2N3/c13-7-11-15-16-12(17(11)10-4-5-10)8-2-1-3-9(14)6-8/h1-3,6,10H,4-5,7H2. The van der Waals surface area contributed by atoms with E-state index in [4.69, 9.17) is 0 Å². The number of alkyl halides is 1. The minimum absolute atomic E-state index is 0.589. The summed E-state index contributed by atoms with van der Waals surface area (Å²) in [6.07, 6.45) is 2.47. The van der Waals surface area contributed by atoms with Crippen LogP contribution in [0.2, 0.25) is 0 Å². The van der Waals surface area contributed by atoms with Crippen LogP contribution in [0.1, 0.15) is 24.7 Å². The van der Waals surface area contributed by atoms with E-state index in [0.29, 0.717) is 6.04 Å². The Morgan fingerprint density at radius 2 is 2.12 bits per heavy atom. The van der Waals surface area contributed by atoms with Crippen LogP contribution in [0.15, 0.2) is 28.7 Å². The molecule has 3 rings (SSSR count). The summed E-state index contributed by atoms with van der Waals surface area (Å²) in [5.41, 5.74) is 1.12. The quantitative estimate of drug-likeness (QED) is 0.780. The van der Waals surface area contributed by atoms with Crippen molar-refractivity contribution < 1.29 is 0 Å². The lowest BCUT2D eigenvalue weighted by molar-refractivity contribution is 0.714. The first-order chi connectivity index (χ1) is 8.29. The van der Waals surface area contributed by atoms with Crippen LogP contribution in [0.4, 0.5) is 0 Å². The Morgan fingerprint density at radius 3 is 2.76 bits per heavy atom. The first kappa shape index (κ1) is 11.4. The second-order valence-electron chi connectivity index (χ2n) is 4.18. The Labute approximate surface area is 117 Å². The number of halogens is 2. The van der Waals surface area contributed by atoms with Crippen molar-refractivity contribution in [3.05, 3.63) is 34.6 Å². The van der Waals surface area contributed by atoms with E-state index in [1.54, 1.807) is 0 Å². The van der Waals surface area contributed by atoms with Crippen LogP contribution >= 0.6 is 31.9 Å². The molecule has 1 aromatic carbocycles. The third kappa shape index (κ3) is 2.18. The van der Waals surface area contributed by atoms with Crippen molar-refractivity contribution in [1.82, 2.24) is 14.8 Å². The van der Waals surface area contributed by atoms with Gasteiger partial charge in [0.05, 0.1) is 5.33 Å². The zero-order chi connectivity index (χ0) is 11.8. The molecule has 0 spiro atoms. The van der Waals surface area contributed by atoms with Gasteiger partial charge in [-0.15, -0.1) is 10.2 Å². The average Bonchev–Trinajstić information content (AvgIpc) is 3.08. The van der Waals surface area contributed by atoms with Crippen LogP contribution in [0.3, 0.4) is 0 Å². The van der Waals surface area contributed by atoms with Crippen LogP contribution in [0.25, 0.3) is 11.4 Å². The van der Waals surface area contributed by atoms with Crippen molar-refractivity contribution in [2.45, 2.75) is 24.2 Å². The second-order valence-corrected chi connectivity index (χ2v) is 5.66. The third-order valence-electron chi connectivity index (χ3n) is 2.88. The number of benzene rings is 1. The van der Waals surface area contributed by atoms with E-state index in [2.05, 4.69) is 58.8 Å². The number of aromatic nitrogens is 3. The molecule has 1 saturated carbocycles. The van der Waals surface area contributed by atoms with Crippen LogP contribution in [-0.2, 0) is 5.33 Å². The lowest BCUT2D eigenvalue weighted by atomic mass is 10.2. The maximum absolute atomic E-state index is 4.32. The normalized spacial score (nSPS) is 15.2. The summed E-state index contributed by atoms with van der Waals surface area (Å²) >= 11 is 6.97. The highest BCUT2D eigenvalue weighted by Gasteiger charge is 2.29. The van der Waals surface area contributed by atoms with E-state index in [-0.39, 0.29) is 0 Å². The van der Waals surface area contributed by atoms with Crippen LogP contribution < -0.4 is 0 Å². The Bertz CT molecular complexity index is 546. The van der Waals surface area contributed by atoms with E-state index < -0.39 is 0 Å². The van der Waals surface area contributed by atoms with Crippen molar-refractivity contribution in [3.8, 4) is 11.4 Å². The van der Waals surface area contributed by atoms with Gasteiger partial charge in [-0.25, -0.2) is 0 Å². The fraction of sp³-hybridized carbons (Fsp3) is 0.333. The predicted octanol–water partition coefficient (Wildman–Crippen LogP) is 3.94. The van der Waals surface area contributed by atoms with Gasteiger partial charge in [0.15, 0.2) is 5.82 Å². The van der Waals surface area contributed by atoms with Gasteiger partial charge in [0.1, 0.15) is 5.82 Å². The monoisotopic (exact) mass is 355 g/mol. The molecule has 1 aliphatic carbocycles. The number of hydrogen-bond acceptors (Lipinski definition) is 2. The molecule has 0 radical (unpaired) electrons. The van der Waals surface area contributed by atoms with Gasteiger partial charge in [-0.3, -0.25) is 0 Å². The minimum atomic E-state index is 0.589. The largest absolute Gasteiger partial charge is 0.307 e. The lowest BCUT2D eigenvalue weighted by Crippen LogP contribution is -2.01. The molecule has 2 aromatic rings. The molecule has 17 heavy (non-hydrogen) atoms. The van der Waals surface area contributed by atoms with E-state index in [0.717, 1.165) is 27.0 Å². The molecular formula is C12H11Br2N3. The summed E-state index contributed by atoms with van der Waals surface area (Å²) in [7, 11) is 0. The molecule has 5 heteroatoms. The highest BCUT2D eigenvalue weighted by molar-refractivity contribution is 9.10. The summed E-state index contributed by atoms with van der Waals surface area (Å²) in [6.45, 7) is 0. The van der Waals surface area contributed by atoms with Gasteiger partial charge < -0.3 is 4.57 Å². The molecule has 0 bridgehead atoms. The number of rotatable bonds is 3. The third-order valence-corrected chi connectivity index (χ3v) is 3.88. The van der Waals surface area contributed by atoms with Crippen LogP contribution in [0.5, 0.6) is 0 Å². The van der Waals surface area contributed by atoms with E-state index in [1.807, 2.05) is 12.1 Å². The van der Waals surface area contributed by atoms with Crippen molar-refractivity contribution in [2.24, 2.45) is 0 Å². The summed E-state index contributed by atoms with van der Waals surface area (Å²) in [4.78, 5) is 0. The topological polar surface area (TPSA) is 30.7 Å². The Hall–Kier alpha value is -0.680. The van der Waals surface area contributed by atoms with Gasteiger partial charge in [0.25, 0.3) is 0 Å². The first-order valence-corrected chi connectivity index (χ1v) is 7.46. The highest BCUT2D eigenvalue weighted by atomic mass is 79.9. The van der Waals surface area contributed by atoms with Gasteiger partial charge >= 0.3 is 0 Å². The molecule has 3 nitrogen and oxygen atoms in total. The summed E-state index contributed by atoms with van der Waals surface area (Å²) in [5.74, 6) is 1.99. The Kier molecular flexibility index (Phi) is 3.04. The van der Waals surface area contributed by atoms with Gasteiger partial charge in [-0.1, -0.05) is 44.0 Å². The Morgan fingerprint density at radius 1 is 1.29 bits per heavy atom. The van der Waals surface area contributed by atoms with Crippen molar-refractivity contribution in [2.75, 3.05) is 0 Å². The molecule has 1 fully saturated rings. The van der Waals surface area contributed by atoms with Gasteiger partial charge in [0.2, 0.25) is 0 Å². The first-order valence-electron chi connectivity index (χ1n) is 5.55. The van der Waals surface area contributed by atoms with Crippen molar-refractivity contribution in [1.29, 1.82) is 0 Å². The SMILES string of the molecule is BrCc1nnc(-c2cccc(Br)c2)n1C1CC1. The van der Waals surface area contributed by atoms with Crippen molar-refractivity contribution >= 4 is 31.9 Å². The molecule has 0 aliphatic heterocycles. The summed E-state index contributed by atoms with van der Waals surface area (Å²) < 4.78 is 3.33. The average molecular weight is 357 g/mol. The van der Waals surface area contributed by atoms with Crippen molar-refractivity contribution in [3.63, 3.8) is 0 Å². The predicted molar refractivity (Wildman–Crippen MR) is 74.1 cm³/mol. The van der Waals surface area contributed by atoms with Gasteiger partial charge in [-0.2, -0.15) is 0 Å². The zero-order valence-electron chi connectivity index (χ0n) is 9.11.